The molecule has 0 saturated carbocycles. The van der Waals surface area contributed by atoms with Gasteiger partial charge < -0.3 is 10.0 Å². The van der Waals surface area contributed by atoms with Gasteiger partial charge in [0.25, 0.3) is 0 Å². The summed E-state index contributed by atoms with van der Waals surface area (Å²) in [6.45, 7) is 3.20. The molecule has 5 heteroatoms. The van der Waals surface area contributed by atoms with Crippen molar-refractivity contribution in [1.82, 2.24) is 9.80 Å². The fraction of sp³-hybridized carbons (Fsp3) is 0.778. The van der Waals surface area contributed by atoms with E-state index in [1.807, 2.05) is 0 Å². The molecule has 1 aliphatic heterocycles. The highest BCUT2D eigenvalue weighted by Gasteiger charge is 2.26. The number of hydrogen-bond acceptors (Lipinski definition) is 3. The number of carbonyl (C=O) groups is 2. The number of carboxylic acid groups (broad SMARTS) is 1. The van der Waals surface area contributed by atoms with Gasteiger partial charge in [-0.2, -0.15) is 0 Å². The number of rotatable bonds is 2. The van der Waals surface area contributed by atoms with Gasteiger partial charge in [-0.25, -0.2) is 0 Å². The molecule has 0 radical (unpaired) electrons. The van der Waals surface area contributed by atoms with Crippen molar-refractivity contribution in [2.45, 2.75) is 19.4 Å². The summed E-state index contributed by atoms with van der Waals surface area (Å²) in [6.07, 6.45) is 0.833. The fourth-order valence-electron chi connectivity index (χ4n) is 1.50. The van der Waals surface area contributed by atoms with Gasteiger partial charge in [0.05, 0.1) is 6.54 Å². The number of amides is 1. The quantitative estimate of drug-likeness (QED) is 0.660. The zero-order valence-corrected chi connectivity index (χ0v) is 8.56. The van der Waals surface area contributed by atoms with Gasteiger partial charge >= 0.3 is 5.97 Å². The number of carboxylic acids is 1. The molecule has 1 heterocycles. The Labute approximate surface area is 83.3 Å². The van der Waals surface area contributed by atoms with Crippen LogP contribution in [-0.4, -0.2) is 59.5 Å². The maximum absolute atomic E-state index is 11.4. The summed E-state index contributed by atoms with van der Waals surface area (Å²) in [5.41, 5.74) is 0. The Kier molecular flexibility index (Phi) is 3.46. The van der Waals surface area contributed by atoms with E-state index in [9.17, 15) is 9.59 Å². The van der Waals surface area contributed by atoms with Crippen molar-refractivity contribution in [3.05, 3.63) is 0 Å². The maximum Gasteiger partial charge on any atom is 0.320 e. The zero-order chi connectivity index (χ0) is 10.7. The lowest BCUT2D eigenvalue weighted by Crippen LogP contribution is -2.43. The molecule has 0 aromatic carbocycles. The van der Waals surface area contributed by atoms with Crippen LogP contribution in [0.5, 0.6) is 0 Å². The largest absolute Gasteiger partial charge is 0.480 e. The second-order valence-corrected chi connectivity index (χ2v) is 3.65. The highest BCUT2D eigenvalue weighted by Crippen LogP contribution is 2.06. The third kappa shape index (κ3) is 2.45. The van der Waals surface area contributed by atoms with E-state index in [0.717, 1.165) is 6.42 Å². The van der Waals surface area contributed by atoms with E-state index in [-0.39, 0.29) is 12.5 Å². The molecular formula is C9H16N2O3. The van der Waals surface area contributed by atoms with Crippen molar-refractivity contribution in [2.24, 2.45) is 0 Å². The third-order valence-corrected chi connectivity index (χ3v) is 2.61. The smallest absolute Gasteiger partial charge is 0.320 e. The number of aliphatic carboxylic acids is 1. The monoisotopic (exact) mass is 200 g/mol. The summed E-state index contributed by atoms with van der Waals surface area (Å²) >= 11 is 0. The molecule has 1 amide bonds. The van der Waals surface area contributed by atoms with Crippen molar-refractivity contribution < 1.29 is 14.7 Å². The molecule has 0 spiro atoms. The first-order chi connectivity index (χ1) is 6.52. The summed E-state index contributed by atoms with van der Waals surface area (Å²) in [6, 6.07) is -0.578. The van der Waals surface area contributed by atoms with Crippen molar-refractivity contribution in [2.75, 3.05) is 26.7 Å². The van der Waals surface area contributed by atoms with Gasteiger partial charge in [0.15, 0.2) is 0 Å². The van der Waals surface area contributed by atoms with Crippen LogP contribution in [0.25, 0.3) is 0 Å². The normalized spacial score (nSPS) is 21.9. The molecule has 1 fully saturated rings. The first-order valence-electron chi connectivity index (χ1n) is 4.73. The number of hydrogen-bond donors (Lipinski definition) is 1. The molecule has 1 atom stereocenters. The van der Waals surface area contributed by atoms with Crippen LogP contribution in [0, 0.1) is 0 Å². The van der Waals surface area contributed by atoms with E-state index < -0.39 is 12.0 Å². The highest BCUT2D eigenvalue weighted by atomic mass is 16.4. The minimum absolute atomic E-state index is 0.00407. The van der Waals surface area contributed by atoms with Crippen LogP contribution < -0.4 is 0 Å². The minimum Gasteiger partial charge on any atom is -0.480 e. The Morgan fingerprint density at radius 2 is 2.14 bits per heavy atom. The number of nitrogens with zero attached hydrogens (tertiary/aromatic N) is 2. The first kappa shape index (κ1) is 11.0. The molecule has 14 heavy (non-hydrogen) atoms. The Hall–Kier alpha value is -1.10. The minimum atomic E-state index is -0.873. The molecule has 0 bridgehead atoms. The standard InChI is InChI=1S/C9H16N2O3/c1-7(9(13)14)11-5-3-4-10(2)8(12)6-11/h7H,3-6H2,1-2H3,(H,13,14). The highest BCUT2D eigenvalue weighted by molar-refractivity contribution is 5.80. The molecule has 0 aromatic rings. The molecule has 1 aliphatic rings. The van der Waals surface area contributed by atoms with Gasteiger partial charge in [-0.05, 0) is 13.3 Å². The van der Waals surface area contributed by atoms with E-state index in [0.29, 0.717) is 13.1 Å². The van der Waals surface area contributed by atoms with E-state index in [2.05, 4.69) is 0 Å². The van der Waals surface area contributed by atoms with Crippen LogP contribution >= 0.6 is 0 Å². The second kappa shape index (κ2) is 4.41. The lowest BCUT2D eigenvalue weighted by molar-refractivity contribution is -0.143. The lowest BCUT2D eigenvalue weighted by Gasteiger charge is -2.23. The Bertz CT molecular complexity index is 242. The second-order valence-electron chi connectivity index (χ2n) is 3.65. The first-order valence-corrected chi connectivity index (χ1v) is 4.73. The Morgan fingerprint density at radius 3 is 2.71 bits per heavy atom. The van der Waals surface area contributed by atoms with Crippen LogP contribution in [0.4, 0.5) is 0 Å². The molecule has 0 aliphatic carbocycles. The van der Waals surface area contributed by atoms with Crippen molar-refractivity contribution in [1.29, 1.82) is 0 Å². The number of carbonyl (C=O) groups excluding carboxylic acids is 1. The van der Waals surface area contributed by atoms with E-state index in [4.69, 9.17) is 5.11 Å². The van der Waals surface area contributed by atoms with Gasteiger partial charge in [0.2, 0.25) is 5.91 Å². The predicted octanol–water partition coefficient (Wildman–Crippen LogP) is -0.376. The van der Waals surface area contributed by atoms with E-state index in [1.54, 1.807) is 23.8 Å². The molecule has 1 unspecified atom stereocenters. The summed E-state index contributed by atoms with van der Waals surface area (Å²) in [7, 11) is 1.75. The Morgan fingerprint density at radius 1 is 1.50 bits per heavy atom. The van der Waals surface area contributed by atoms with Crippen molar-refractivity contribution >= 4 is 11.9 Å². The van der Waals surface area contributed by atoms with Crippen LogP contribution in [-0.2, 0) is 9.59 Å². The molecular weight excluding hydrogens is 184 g/mol. The summed E-state index contributed by atoms with van der Waals surface area (Å²) in [4.78, 5) is 25.5. The molecule has 1 rings (SSSR count). The van der Waals surface area contributed by atoms with Crippen molar-refractivity contribution in [3.8, 4) is 0 Å². The van der Waals surface area contributed by atoms with Gasteiger partial charge in [-0.1, -0.05) is 0 Å². The van der Waals surface area contributed by atoms with Gasteiger partial charge in [0, 0.05) is 20.1 Å². The summed E-state index contributed by atoms with van der Waals surface area (Å²) in [5, 5.41) is 8.81. The topological polar surface area (TPSA) is 60.9 Å². The molecule has 80 valence electrons. The third-order valence-electron chi connectivity index (χ3n) is 2.61. The fourth-order valence-corrected chi connectivity index (χ4v) is 1.50. The average molecular weight is 200 g/mol. The number of likely N-dealkylation sites (N-methyl/N-ethyl adjacent to an activating group) is 1. The maximum atomic E-state index is 11.4. The SMILES string of the molecule is CC(C(=O)O)N1CCCN(C)C(=O)C1. The molecule has 0 aromatic heterocycles. The van der Waals surface area contributed by atoms with E-state index in [1.165, 1.54) is 0 Å². The Balaban J connectivity index is 2.63. The molecule has 5 nitrogen and oxygen atoms in total. The van der Waals surface area contributed by atoms with Gasteiger partial charge in [0.1, 0.15) is 6.04 Å². The van der Waals surface area contributed by atoms with Gasteiger partial charge in [-0.15, -0.1) is 0 Å². The zero-order valence-electron chi connectivity index (χ0n) is 8.56. The van der Waals surface area contributed by atoms with Gasteiger partial charge in [-0.3, -0.25) is 14.5 Å². The molecule has 1 N–H and O–H groups in total. The van der Waals surface area contributed by atoms with Crippen LogP contribution in [0.15, 0.2) is 0 Å². The van der Waals surface area contributed by atoms with Crippen LogP contribution in [0.2, 0.25) is 0 Å². The van der Waals surface area contributed by atoms with Crippen LogP contribution in [0.1, 0.15) is 13.3 Å². The lowest BCUT2D eigenvalue weighted by atomic mass is 10.2. The predicted molar refractivity (Wildman–Crippen MR) is 50.9 cm³/mol. The average Bonchev–Trinajstić information content (AvgIpc) is 2.28. The van der Waals surface area contributed by atoms with Crippen molar-refractivity contribution in [3.63, 3.8) is 0 Å². The summed E-state index contributed by atoms with van der Waals surface area (Å²) < 4.78 is 0. The van der Waals surface area contributed by atoms with E-state index >= 15 is 0 Å². The van der Waals surface area contributed by atoms with Crippen LogP contribution in [0.3, 0.4) is 0 Å². The molecule has 1 saturated heterocycles. The summed E-state index contributed by atoms with van der Waals surface area (Å²) in [5.74, 6) is -0.877.